The van der Waals surface area contributed by atoms with Crippen LogP contribution in [0.25, 0.3) is 5.73 Å². The highest BCUT2D eigenvalue weighted by Crippen LogP contribution is 2.05. The van der Waals surface area contributed by atoms with E-state index < -0.39 is 0 Å². The second-order valence-corrected chi connectivity index (χ2v) is 5.01. The summed E-state index contributed by atoms with van der Waals surface area (Å²) >= 11 is 0. The molecule has 9 heteroatoms. The minimum atomic E-state index is 0. The molecule has 1 aliphatic heterocycles. The van der Waals surface area contributed by atoms with Crippen molar-refractivity contribution in [2.75, 3.05) is 37.7 Å². The Bertz CT molecular complexity index is 615. The smallest absolute Gasteiger partial charge is 0.256 e. The number of Topliss-reactive ketones (excluding diaryl/α,β-unsaturated/α-hetero) is 1. The van der Waals surface area contributed by atoms with Crippen molar-refractivity contribution >= 4 is 36.5 Å². The quantitative estimate of drug-likeness (QED) is 0.612. The van der Waals surface area contributed by atoms with Crippen molar-refractivity contribution in [1.29, 1.82) is 0 Å². The van der Waals surface area contributed by atoms with Crippen LogP contribution in [0.5, 0.6) is 0 Å². The summed E-state index contributed by atoms with van der Waals surface area (Å²) < 4.78 is 4.74. The third kappa shape index (κ3) is 4.82. The molecule has 0 bridgehead atoms. The van der Waals surface area contributed by atoms with E-state index in [-0.39, 0.29) is 36.5 Å². The Kier molecular flexibility index (Phi) is 7.28. The fourth-order valence-corrected chi connectivity index (χ4v) is 2.39. The largest absolute Gasteiger partial charge is 0.660 e. The standard InChI is InChI=1S/C14H17N5O2.2ClH/c15-14-11-19(16-21-14)18-8-6-17(7-9-18)10-13(20)12-4-2-1-3-5-12;;/h1-5,11H,6-10H2,(H-,15,16);2*1H. The van der Waals surface area contributed by atoms with Gasteiger partial charge in [0.1, 0.15) is 5.88 Å². The number of piperazine rings is 1. The average Bonchev–Trinajstić information content (AvgIpc) is 2.95. The first-order chi connectivity index (χ1) is 10.2. The van der Waals surface area contributed by atoms with Gasteiger partial charge in [-0.2, -0.15) is 5.01 Å². The Morgan fingerprint density at radius 3 is 2.39 bits per heavy atom. The van der Waals surface area contributed by atoms with Crippen molar-refractivity contribution in [3.63, 3.8) is 0 Å². The molecule has 1 fully saturated rings. The summed E-state index contributed by atoms with van der Waals surface area (Å²) in [6, 6.07) is 9.36. The number of nitrogens with one attached hydrogen (secondary N) is 1. The van der Waals surface area contributed by atoms with E-state index in [9.17, 15) is 4.79 Å². The Morgan fingerprint density at radius 2 is 1.83 bits per heavy atom. The van der Waals surface area contributed by atoms with Gasteiger partial charge in [-0.1, -0.05) is 30.3 Å². The maximum atomic E-state index is 12.2. The van der Waals surface area contributed by atoms with Crippen LogP contribution in [0.2, 0.25) is 0 Å². The number of hydrogen-bond donors (Lipinski definition) is 0. The van der Waals surface area contributed by atoms with E-state index in [0.717, 1.165) is 31.7 Å². The molecule has 3 rings (SSSR count). The van der Waals surface area contributed by atoms with Crippen LogP contribution in [0.3, 0.4) is 0 Å². The van der Waals surface area contributed by atoms with E-state index in [1.165, 1.54) is 6.20 Å². The molecule has 2 aromatic rings. The molecule has 0 aliphatic carbocycles. The topological polar surface area (TPSA) is 77.3 Å². The van der Waals surface area contributed by atoms with Crippen molar-refractivity contribution in [3.05, 3.63) is 47.8 Å². The molecule has 23 heavy (non-hydrogen) atoms. The average molecular weight is 360 g/mol. The summed E-state index contributed by atoms with van der Waals surface area (Å²) in [6.45, 7) is 3.50. The van der Waals surface area contributed by atoms with Gasteiger partial charge < -0.3 is 10.3 Å². The normalized spacial score (nSPS) is 14.7. The lowest BCUT2D eigenvalue weighted by Gasteiger charge is -2.29. The fraction of sp³-hybridized carbons (Fsp3) is 0.357. The molecule has 2 heterocycles. The van der Waals surface area contributed by atoms with Gasteiger partial charge in [0.05, 0.1) is 24.4 Å². The maximum absolute atomic E-state index is 12.2. The molecule has 0 radical (unpaired) electrons. The van der Waals surface area contributed by atoms with E-state index in [0.29, 0.717) is 6.54 Å². The van der Waals surface area contributed by atoms with Crippen LogP contribution in [0.1, 0.15) is 10.4 Å². The van der Waals surface area contributed by atoms with Crippen molar-refractivity contribution < 1.29 is 14.1 Å². The number of hydrogen-bond acceptors (Lipinski definition) is 5. The highest BCUT2D eigenvalue weighted by Gasteiger charge is 2.25. The predicted molar refractivity (Wildman–Crippen MR) is 90.3 cm³/mol. The van der Waals surface area contributed by atoms with Crippen LogP contribution in [0.4, 0.5) is 5.88 Å². The van der Waals surface area contributed by atoms with Crippen LogP contribution in [-0.2, 0) is 0 Å². The van der Waals surface area contributed by atoms with Crippen molar-refractivity contribution in [2.45, 2.75) is 0 Å². The van der Waals surface area contributed by atoms with Crippen LogP contribution in [-0.4, -0.2) is 48.7 Å². The van der Waals surface area contributed by atoms with Gasteiger partial charge in [-0.25, -0.2) is 0 Å². The zero-order valence-corrected chi connectivity index (χ0v) is 14.1. The van der Waals surface area contributed by atoms with E-state index in [1.807, 2.05) is 35.3 Å². The molecule has 1 N–H and O–H groups in total. The van der Waals surface area contributed by atoms with Crippen LogP contribution >= 0.6 is 24.8 Å². The third-order valence-corrected chi connectivity index (χ3v) is 3.56. The van der Waals surface area contributed by atoms with Crippen LogP contribution in [0.15, 0.2) is 41.1 Å². The lowest BCUT2D eigenvalue weighted by Crippen LogP contribution is -2.65. The van der Waals surface area contributed by atoms with Gasteiger partial charge >= 0.3 is 0 Å². The van der Waals surface area contributed by atoms with Crippen molar-refractivity contribution in [2.24, 2.45) is 0 Å². The molecule has 0 atom stereocenters. The number of benzene rings is 1. The number of rotatable bonds is 4. The summed E-state index contributed by atoms with van der Waals surface area (Å²) in [5.41, 5.74) is 8.08. The Morgan fingerprint density at radius 1 is 1.17 bits per heavy atom. The highest BCUT2D eigenvalue weighted by molar-refractivity contribution is 5.97. The molecule has 0 unspecified atom stereocenters. The molecule has 1 aromatic heterocycles. The summed E-state index contributed by atoms with van der Waals surface area (Å²) in [7, 11) is 0. The molecule has 0 saturated carbocycles. The first-order valence-corrected chi connectivity index (χ1v) is 6.88. The van der Waals surface area contributed by atoms with Gasteiger partial charge in [0.25, 0.3) is 6.20 Å². The van der Waals surface area contributed by atoms with Gasteiger partial charge in [-0.3, -0.25) is 9.69 Å². The zero-order chi connectivity index (χ0) is 14.7. The maximum Gasteiger partial charge on any atom is 0.256 e. The van der Waals surface area contributed by atoms with Crippen LogP contribution in [0, 0.1) is 0 Å². The summed E-state index contributed by atoms with van der Waals surface area (Å²) in [4.78, 5) is 15.8. The number of aromatic nitrogens is 2. The highest BCUT2D eigenvalue weighted by atomic mass is 35.5. The molecule has 0 spiro atoms. The van der Waals surface area contributed by atoms with Gasteiger partial charge in [-0.15, -0.1) is 24.8 Å². The number of carbonyl (C=O) groups excluding carboxylic acids is 1. The molecule has 1 aromatic carbocycles. The Labute approximate surface area is 146 Å². The van der Waals surface area contributed by atoms with Gasteiger partial charge in [0, 0.05) is 18.7 Å². The second-order valence-electron chi connectivity index (χ2n) is 5.01. The van der Waals surface area contributed by atoms with E-state index in [1.54, 1.807) is 4.79 Å². The SMILES string of the molecule is Cl.Cl.[NH-]c1c[n+](N2CCN(CC(=O)c3ccccc3)CC2)no1. The van der Waals surface area contributed by atoms with E-state index in [2.05, 4.69) is 10.2 Å². The molecular weight excluding hydrogens is 341 g/mol. The lowest BCUT2D eigenvalue weighted by atomic mass is 10.1. The second kappa shape index (κ2) is 8.71. The molecule has 0 amide bonds. The van der Waals surface area contributed by atoms with Crippen LogP contribution < -0.4 is 9.80 Å². The molecule has 126 valence electrons. The Balaban J connectivity index is 0.00000132. The lowest BCUT2D eigenvalue weighted by molar-refractivity contribution is -0.759. The fourth-order valence-electron chi connectivity index (χ4n) is 2.39. The van der Waals surface area contributed by atoms with E-state index >= 15 is 0 Å². The zero-order valence-electron chi connectivity index (χ0n) is 12.4. The number of nitrogens with zero attached hydrogens (tertiary/aromatic N) is 4. The van der Waals surface area contributed by atoms with E-state index in [4.69, 9.17) is 10.3 Å². The summed E-state index contributed by atoms with van der Waals surface area (Å²) in [5, 5.41) is 5.76. The van der Waals surface area contributed by atoms with Crippen molar-refractivity contribution in [3.8, 4) is 0 Å². The third-order valence-electron chi connectivity index (χ3n) is 3.56. The van der Waals surface area contributed by atoms with Gasteiger partial charge in [0.2, 0.25) is 5.27 Å². The summed E-state index contributed by atoms with van der Waals surface area (Å²) in [5.74, 6) is 0.184. The molecule has 7 nitrogen and oxygen atoms in total. The number of halogens is 2. The number of ketones is 1. The minimum absolute atomic E-state index is 0. The number of carbonyl (C=O) groups is 1. The first kappa shape index (κ1) is 19.2. The Hall–Kier alpha value is -1.83. The monoisotopic (exact) mass is 359 g/mol. The molecule has 1 saturated heterocycles. The van der Waals surface area contributed by atoms with Gasteiger partial charge in [0.15, 0.2) is 5.78 Å². The summed E-state index contributed by atoms with van der Waals surface area (Å²) in [6.07, 6.45) is 1.53. The van der Waals surface area contributed by atoms with Crippen molar-refractivity contribution in [1.82, 2.24) is 10.2 Å². The van der Waals surface area contributed by atoms with Gasteiger partial charge in [-0.05, 0) is 0 Å². The first-order valence-electron chi connectivity index (χ1n) is 6.88. The molecular formula is C14H19Cl2N5O2. The minimum Gasteiger partial charge on any atom is -0.660 e. The molecule has 1 aliphatic rings. The predicted octanol–water partition coefficient (Wildman–Crippen LogP) is 1.63.